The van der Waals surface area contributed by atoms with E-state index < -0.39 is 5.97 Å². The third kappa shape index (κ3) is 3.01. The van der Waals surface area contributed by atoms with Crippen LogP contribution in [0.25, 0.3) is 0 Å². The van der Waals surface area contributed by atoms with E-state index >= 15 is 0 Å². The summed E-state index contributed by atoms with van der Waals surface area (Å²) in [7, 11) is 0. The zero-order chi connectivity index (χ0) is 12.3. The summed E-state index contributed by atoms with van der Waals surface area (Å²) in [6, 6.07) is 9.61. The van der Waals surface area contributed by atoms with Crippen molar-refractivity contribution in [1.29, 1.82) is 5.26 Å². The van der Waals surface area contributed by atoms with Gasteiger partial charge in [-0.15, -0.1) is 11.8 Å². The van der Waals surface area contributed by atoms with Gasteiger partial charge in [0, 0.05) is 10.6 Å². The number of thioether (sulfide) groups is 1. The third-order valence-electron chi connectivity index (χ3n) is 3.02. The van der Waals surface area contributed by atoms with Gasteiger partial charge >= 0.3 is 5.97 Å². The van der Waals surface area contributed by atoms with Gasteiger partial charge in [0.2, 0.25) is 0 Å². The Bertz CT molecular complexity index is 475. The molecule has 0 aliphatic heterocycles. The number of carboxylic acids is 1. The smallest absolute Gasteiger partial charge is 0.303 e. The second-order valence-corrected chi connectivity index (χ2v) is 5.48. The van der Waals surface area contributed by atoms with E-state index in [0.717, 1.165) is 23.5 Å². The number of hydrogen-bond acceptors (Lipinski definition) is 3. The molecule has 0 amide bonds. The second-order valence-electron chi connectivity index (χ2n) is 4.47. The lowest BCUT2D eigenvalue weighted by Gasteiger charge is -2.12. The fraction of sp³-hybridized carbons (Fsp3) is 0.385. The van der Waals surface area contributed by atoms with E-state index in [1.807, 2.05) is 18.2 Å². The van der Waals surface area contributed by atoms with Crippen LogP contribution < -0.4 is 0 Å². The van der Waals surface area contributed by atoms with Crippen LogP contribution in [0.15, 0.2) is 29.2 Å². The summed E-state index contributed by atoms with van der Waals surface area (Å²) in [5.74, 6) is 0.0644. The van der Waals surface area contributed by atoms with Crippen LogP contribution in [0.4, 0.5) is 0 Å². The molecule has 0 aromatic heterocycles. The lowest BCUT2D eigenvalue weighted by atomic mass is 10.1. The van der Waals surface area contributed by atoms with Crippen LogP contribution in [0.3, 0.4) is 0 Å². The van der Waals surface area contributed by atoms with Gasteiger partial charge in [-0.05, 0) is 30.4 Å². The van der Waals surface area contributed by atoms with Crippen LogP contribution in [0.5, 0.6) is 0 Å². The molecule has 1 aliphatic carbocycles. The highest BCUT2D eigenvalue weighted by Gasteiger charge is 2.44. The quantitative estimate of drug-likeness (QED) is 0.813. The molecular formula is C13H13NO2S. The Morgan fingerprint density at radius 3 is 2.76 bits per heavy atom. The number of nitriles is 1. The van der Waals surface area contributed by atoms with Crippen molar-refractivity contribution in [3.05, 3.63) is 29.8 Å². The molecule has 0 bridgehead atoms. The zero-order valence-corrected chi connectivity index (χ0v) is 10.2. The summed E-state index contributed by atoms with van der Waals surface area (Å²) in [6.07, 6.45) is 2.22. The molecule has 1 aromatic carbocycles. The van der Waals surface area contributed by atoms with Gasteiger partial charge in [-0.25, -0.2) is 0 Å². The van der Waals surface area contributed by atoms with Crippen molar-refractivity contribution in [3.8, 4) is 6.07 Å². The van der Waals surface area contributed by atoms with E-state index in [-0.39, 0.29) is 11.8 Å². The standard InChI is InChI=1S/C13H13NO2S/c14-8-10-3-1-2-4-11(10)17-9-13(5-6-13)7-12(15)16/h1-4H,5-7,9H2,(H,15,16). The summed E-state index contributed by atoms with van der Waals surface area (Å²) in [6.45, 7) is 0. The van der Waals surface area contributed by atoms with E-state index in [1.165, 1.54) is 0 Å². The minimum atomic E-state index is -0.725. The summed E-state index contributed by atoms with van der Waals surface area (Å²) < 4.78 is 0. The van der Waals surface area contributed by atoms with Crippen LogP contribution in [-0.2, 0) is 4.79 Å². The molecule has 0 radical (unpaired) electrons. The molecule has 2 rings (SSSR count). The Morgan fingerprint density at radius 2 is 2.18 bits per heavy atom. The first-order chi connectivity index (χ1) is 8.15. The first-order valence-corrected chi connectivity index (χ1v) is 6.47. The van der Waals surface area contributed by atoms with E-state index in [4.69, 9.17) is 10.4 Å². The molecule has 0 saturated heterocycles. The lowest BCUT2D eigenvalue weighted by Crippen LogP contribution is -2.11. The molecule has 3 nitrogen and oxygen atoms in total. The zero-order valence-electron chi connectivity index (χ0n) is 9.35. The molecule has 88 valence electrons. The van der Waals surface area contributed by atoms with Gasteiger partial charge in [0.25, 0.3) is 0 Å². The molecule has 1 fully saturated rings. The molecule has 1 aromatic rings. The Kier molecular flexibility index (Phi) is 3.39. The Morgan fingerprint density at radius 1 is 1.47 bits per heavy atom. The fourth-order valence-electron chi connectivity index (χ4n) is 1.79. The molecule has 17 heavy (non-hydrogen) atoms. The van der Waals surface area contributed by atoms with Gasteiger partial charge in [0.05, 0.1) is 12.0 Å². The molecule has 4 heteroatoms. The molecule has 0 atom stereocenters. The highest BCUT2D eigenvalue weighted by molar-refractivity contribution is 7.99. The van der Waals surface area contributed by atoms with E-state index in [9.17, 15) is 4.79 Å². The van der Waals surface area contributed by atoms with Gasteiger partial charge < -0.3 is 5.11 Å². The van der Waals surface area contributed by atoms with Crippen molar-refractivity contribution in [2.24, 2.45) is 5.41 Å². The van der Waals surface area contributed by atoms with Crippen molar-refractivity contribution < 1.29 is 9.90 Å². The van der Waals surface area contributed by atoms with E-state index in [1.54, 1.807) is 17.8 Å². The number of nitrogens with zero attached hydrogens (tertiary/aromatic N) is 1. The SMILES string of the molecule is N#Cc1ccccc1SCC1(CC(=O)O)CC1. The van der Waals surface area contributed by atoms with Crippen LogP contribution in [0.1, 0.15) is 24.8 Å². The molecule has 1 saturated carbocycles. The summed E-state index contributed by atoms with van der Waals surface area (Å²) >= 11 is 1.60. The first kappa shape index (κ1) is 12.0. The highest BCUT2D eigenvalue weighted by atomic mass is 32.2. The molecule has 1 aliphatic rings. The fourth-order valence-corrected chi connectivity index (χ4v) is 3.08. The first-order valence-electron chi connectivity index (χ1n) is 5.49. The van der Waals surface area contributed by atoms with Crippen molar-refractivity contribution in [3.63, 3.8) is 0 Å². The second kappa shape index (κ2) is 4.80. The molecule has 0 heterocycles. The predicted octanol–water partition coefficient (Wildman–Crippen LogP) is 2.91. The van der Waals surface area contributed by atoms with E-state index in [2.05, 4.69) is 6.07 Å². The van der Waals surface area contributed by atoms with Gasteiger partial charge in [-0.3, -0.25) is 4.79 Å². The van der Waals surface area contributed by atoms with E-state index in [0.29, 0.717) is 5.56 Å². The number of rotatable bonds is 5. The summed E-state index contributed by atoms with van der Waals surface area (Å²) in [4.78, 5) is 11.7. The van der Waals surface area contributed by atoms with Gasteiger partial charge in [-0.1, -0.05) is 12.1 Å². The minimum Gasteiger partial charge on any atom is -0.481 e. The summed E-state index contributed by atoms with van der Waals surface area (Å²) in [5, 5.41) is 17.8. The van der Waals surface area contributed by atoms with Crippen LogP contribution in [0.2, 0.25) is 0 Å². The number of benzene rings is 1. The topological polar surface area (TPSA) is 61.1 Å². The number of carbonyl (C=O) groups is 1. The Hall–Kier alpha value is -1.47. The maximum absolute atomic E-state index is 10.7. The molecular weight excluding hydrogens is 234 g/mol. The molecule has 0 spiro atoms. The van der Waals surface area contributed by atoms with Crippen LogP contribution in [0, 0.1) is 16.7 Å². The van der Waals surface area contributed by atoms with Crippen molar-refractivity contribution in [2.75, 3.05) is 5.75 Å². The number of aliphatic carboxylic acids is 1. The van der Waals surface area contributed by atoms with Crippen molar-refractivity contribution in [2.45, 2.75) is 24.2 Å². The maximum atomic E-state index is 10.7. The molecule has 1 N–H and O–H groups in total. The normalized spacial score (nSPS) is 16.2. The van der Waals surface area contributed by atoms with Gasteiger partial charge in [0.1, 0.15) is 6.07 Å². The average molecular weight is 247 g/mol. The van der Waals surface area contributed by atoms with Gasteiger partial charge in [-0.2, -0.15) is 5.26 Å². The largest absolute Gasteiger partial charge is 0.481 e. The van der Waals surface area contributed by atoms with Gasteiger partial charge in [0.15, 0.2) is 0 Å². The Labute approximate surface area is 104 Å². The minimum absolute atomic E-state index is 0.0287. The van der Waals surface area contributed by atoms with Crippen LogP contribution in [-0.4, -0.2) is 16.8 Å². The molecule has 0 unspecified atom stereocenters. The number of carboxylic acid groups (broad SMARTS) is 1. The number of hydrogen-bond donors (Lipinski definition) is 1. The highest BCUT2D eigenvalue weighted by Crippen LogP contribution is 2.52. The third-order valence-corrected chi connectivity index (χ3v) is 4.45. The predicted molar refractivity (Wildman–Crippen MR) is 65.8 cm³/mol. The monoisotopic (exact) mass is 247 g/mol. The van der Waals surface area contributed by atoms with Crippen molar-refractivity contribution >= 4 is 17.7 Å². The van der Waals surface area contributed by atoms with Crippen molar-refractivity contribution in [1.82, 2.24) is 0 Å². The summed E-state index contributed by atoms with van der Waals surface area (Å²) in [5.41, 5.74) is 0.641. The maximum Gasteiger partial charge on any atom is 0.303 e. The lowest BCUT2D eigenvalue weighted by molar-refractivity contribution is -0.138. The Balaban J connectivity index is 1.99. The average Bonchev–Trinajstić information content (AvgIpc) is 3.06. The van der Waals surface area contributed by atoms with Crippen LogP contribution >= 0.6 is 11.8 Å².